The molecule has 2 heterocycles. The van der Waals surface area contributed by atoms with Crippen molar-refractivity contribution < 1.29 is 32.2 Å². The smallest absolute Gasteiger partial charge is 0.421 e. The zero-order valence-electron chi connectivity index (χ0n) is 12.7. The van der Waals surface area contributed by atoms with Crippen LogP contribution in [0.1, 0.15) is 35.8 Å². The number of rotatable bonds is 5. The van der Waals surface area contributed by atoms with Gasteiger partial charge in [-0.05, 0) is 26.0 Å². The molecular formula is C14H14F3N3O4. The molecule has 10 heteroatoms. The Bertz CT molecular complexity index is 715. The molecule has 2 rings (SSSR count). The number of hydrogen-bond donors (Lipinski definition) is 2. The molecule has 2 aromatic rings. The van der Waals surface area contributed by atoms with E-state index >= 15 is 0 Å². The Morgan fingerprint density at radius 2 is 2.08 bits per heavy atom. The van der Waals surface area contributed by atoms with Crippen molar-refractivity contribution in [3.63, 3.8) is 0 Å². The first-order valence-electron chi connectivity index (χ1n) is 6.69. The topological polar surface area (TPSA) is 97.5 Å². The summed E-state index contributed by atoms with van der Waals surface area (Å²) in [5.74, 6) is -1.42. The normalized spacial score (nSPS) is 12.1. The fraction of sp³-hybridized carbons (Fsp3) is 0.357. The molecule has 0 bridgehead atoms. The largest absolute Gasteiger partial charge is 0.450 e. The summed E-state index contributed by atoms with van der Waals surface area (Å²) in [4.78, 5) is 19.7. The Balaban J connectivity index is 2.28. The molecule has 0 aromatic carbocycles. The first-order valence-corrected chi connectivity index (χ1v) is 6.69. The van der Waals surface area contributed by atoms with Gasteiger partial charge in [-0.15, -0.1) is 0 Å². The second-order valence-electron chi connectivity index (χ2n) is 5.24. The van der Waals surface area contributed by atoms with Crippen molar-refractivity contribution in [2.45, 2.75) is 25.6 Å². The molecule has 0 spiro atoms. The number of oxazole rings is 1. The average molecular weight is 345 g/mol. The first-order chi connectivity index (χ1) is 11.1. The second kappa shape index (κ2) is 6.48. The molecule has 0 unspecified atom stereocenters. The summed E-state index contributed by atoms with van der Waals surface area (Å²) >= 11 is 0. The van der Waals surface area contributed by atoms with Crippen LogP contribution < -0.4 is 10.1 Å². The number of aliphatic hydroxyl groups is 1. The molecule has 0 aliphatic carbocycles. The summed E-state index contributed by atoms with van der Waals surface area (Å²) in [5.41, 5.74) is -2.52. The fourth-order valence-corrected chi connectivity index (χ4v) is 1.89. The first kappa shape index (κ1) is 17.7. The predicted molar refractivity (Wildman–Crippen MR) is 73.9 cm³/mol. The summed E-state index contributed by atoms with van der Waals surface area (Å²) in [6.07, 6.45) is -2.01. The number of nitrogens with one attached hydrogen (secondary N) is 1. The molecule has 130 valence electrons. The third kappa shape index (κ3) is 3.82. The van der Waals surface area contributed by atoms with Gasteiger partial charge in [0.2, 0.25) is 11.8 Å². The third-order valence-corrected chi connectivity index (χ3v) is 2.99. The van der Waals surface area contributed by atoms with Gasteiger partial charge in [-0.1, -0.05) is 0 Å². The van der Waals surface area contributed by atoms with Crippen molar-refractivity contribution in [3.8, 4) is 5.88 Å². The summed E-state index contributed by atoms with van der Waals surface area (Å²) in [6.45, 7) is 2.20. The lowest BCUT2D eigenvalue weighted by atomic mass is 10.1. The second-order valence-corrected chi connectivity index (χ2v) is 5.24. The van der Waals surface area contributed by atoms with E-state index in [1.54, 1.807) is 13.8 Å². The lowest BCUT2D eigenvalue weighted by molar-refractivity contribution is -0.139. The van der Waals surface area contributed by atoms with E-state index in [9.17, 15) is 18.0 Å². The minimum absolute atomic E-state index is 0.217. The zero-order valence-corrected chi connectivity index (χ0v) is 12.7. The van der Waals surface area contributed by atoms with Crippen LogP contribution in [0.25, 0.3) is 0 Å². The van der Waals surface area contributed by atoms with Gasteiger partial charge in [-0.2, -0.15) is 13.2 Å². The molecule has 0 aliphatic rings. The van der Waals surface area contributed by atoms with Crippen LogP contribution in [0.2, 0.25) is 0 Å². The van der Waals surface area contributed by atoms with Crippen LogP contribution in [0.3, 0.4) is 0 Å². The Labute approximate surface area is 134 Å². The summed E-state index contributed by atoms with van der Waals surface area (Å²) in [7, 11) is 0. The monoisotopic (exact) mass is 345 g/mol. The van der Waals surface area contributed by atoms with E-state index in [0.29, 0.717) is 6.07 Å². The van der Waals surface area contributed by atoms with Crippen molar-refractivity contribution in [2.75, 3.05) is 6.79 Å². The van der Waals surface area contributed by atoms with Crippen molar-refractivity contribution in [3.05, 3.63) is 41.7 Å². The van der Waals surface area contributed by atoms with Gasteiger partial charge < -0.3 is 19.6 Å². The van der Waals surface area contributed by atoms with Crippen LogP contribution in [0.4, 0.5) is 13.2 Å². The van der Waals surface area contributed by atoms with Gasteiger partial charge in [0.1, 0.15) is 23.1 Å². The Kier molecular flexibility index (Phi) is 4.78. The van der Waals surface area contributed by atoms with E-state index in [0.717, 1.165) is 6.07 Å². The zero-order chi connectivity index (χ0) is 18.0. The quantitative estimate of drug-likeness (QED) is 0.805. The number of aliphatic hydroxyl groups excluding tert-OH is 1. The van der Waals surface area contributed by atoms with Gasteiger partial charge in [-0.25, -0.2) is 9.97 Å². The molecule has 0 radical (unpaired) electrons. The molecule has 7 nitrogen and oxygen atoms in total. The van der Waals surface area contributed by atoms with E-state index < -0.39 is 35.9 Å². The van der Waals surface area contributed by atoms with E-state index in [1.165, 1.54) is 12.5 Å². The Morgan fingerprint density at radius 1 is 1.38 bits per heavy atom. The highest BCUT2D eigenvalue weighted by Gasteiger charge is 2.36. The molecule has 0 atom stereocenters. The minimum Gasteiger partial charge on any atom is -0.450 e. The SMILES string of the molecule is CC(C)(NC(=O)c1ccc(C(F)(F)F)c(OCO)n1)c1ncco1. The number of aromatic nitrogens is 2. The third-order valence-electron chi connectivity index (χ3n) is 2.99. The lowest BCUT2D eigenvalue weighted by Crippen LogP contribution is -2.41. The number of amides is 1. The van der Waals surface area contributed by atoms with E-state index in [1.807, 2.05) is 0 Å². The number of carbonyl (C=O) groups is 1. The van der Waals surface area contributed by atoms with E-state index in [4.69, 9.17) is 9.52 Å². The molecule has 1 amide bonds. The number of ether oxygens (including phenoxy) is 1. The number of nitrogens with zero attached hydrogens (tertiary/aromatic N) is 2. The number of hydrogen-bond acceptors (Lipinski definition) is 6. The maximum absolute atomic E-state index is 12.8. The predicted octanol–water partition coefficient (Wildman–Crippen LogP) is 2.08. The molecule has 0 aliphatic heterocycles. The van der Waals surface area contributed by atoms with Crippen molar-refractivity contribution in [1.82, 2.24) is 15.3 Å². The number of halogens is 3. The van der Waals surface area contributed by atoms with Crippen LogP contribution in [0, 0.1) is 0 Å². The van der Waals surface area contributed by atoms with Gasteiger partial charge in [0.15, 0.2) is 6.79 Å². The molecule has 0 saturated carbocycles. The summed E-state index contributed by atoms with van der Waals surface area (Å²) in [5, 5.41) is 11.2. The maximum atomic E-state index is 12.8. The summed E-state index contributed by atoms with van der Waals surface area (Å²) < 4.78 is 48.1. The summed E-state index contributed by atoms with van der Waals surface area (Å²) in [6, 6.07) is 1.57. The van der Waals surface area contributed by atoms with Gasteiger partial charge in [0, 0.05) is 0 Å². The standard InChI is InChI=1S/C14H14F3N3O4/c1-13(2,12-18-5-6-23-12)20-10(22)9-4-3-8(14(15,16)17)11(19-9)24-7-21/h3-6,21H,7H2,1-2H3,(H,20,22). The van der Waals surface area contributed by atoms with Gasteiger partial charge in [-0.3, -0.25) is 4.79 Å². The fourth-order valence-electron chi connectivity index (χ4n) is 1.89. The van der Waals surface area contributed by atoms with Crippen molar-refractivity contribution in [1.29, 1.82) is 0 Å². The van der Waals surface area contributed by atoms with E-state index in [-0.39, 0.29) is 11.6 Å². The van der Waals surface area contributed by atoms with Crippen LogP contribution >= 0.6 is 0 Å². The average Bonchev–Trinajstić information content (AvgIpc) is 3.01. The minimum atomic E-state index is -4.73. The van der Waals surface area contributed by atoms with Gasteiger partial charge in [0.25, 0.3) is 5.91 Å². The van der Waals surface area contributed by atoms with E-state index in [2.05, 4.69) is 20.0 Å². The van der Waals surface area contributed by atoms with Gasteiger partial charge >= 0.3 is 6.18 Å². The molecule has 2 aromatic heterocycles. The molecule has 0 saturated heterocycles. The molecular weight excluding hydrogens is 331 g/mol. The molecule has 24 heavy (non-hydrogen) atoms. The maximum Gasteiger partial charge on any atom is 0.421 e. The number of alkyl halides is 3. The van der Waals surface area contributed by atoms with Gasteiger partial charge in [0.05, 0.1) is 6.20 Å². The molecule has 0 fully saturated rings. The van der Waals surface area contributed by atoms with Crippen molar-refractivity contribution in [2.24, 2.45) is 0 Å². The van der Waals surface area contributed by atoms with Crippen LogP contribution in [0.5, 0.6) is 5.88 Å². The Morgan fingerprint density at radius 3 is 2.62 bits per heavy atom. The lowest BCUT2D eigenvalue weighted by Gasteiger charge is -2.22. The van der Waals surface area contributed by atoms with Crippen LogP contribution in [0.15, 0.2) is 29.0 Å². The highest BCUT2D eigenvalue weighted by atomic mass is 19.4. The highest BCUT2D eigenvalue weighted by molar-refractivity contribution is 5.93. The Hall–Kier alpha value is -2.62. The number of carbonyl (C=O) groups excluding carboxylic acids is 1. The molecule has 2 N–H and O–H groups in total. The highest BCUT2D eigenvalue weighted by Crippen LogP contribution is 2.35. The van der Waals surface area contributed by atoms with Crippen molar-refractivity contribution >= 4 is 5.91 Å². The number of pyridine rings is 1. The van der Waals surface area contributed by atoms with Crippen LogP contribution in [-0.2, 0) is 11.7 Å². The van der Waals surface area contributed by atoms with Crippen LogP contribution in [-0.4, -0.2) is 27.8 Å².